The Balaban J connectivity index is 1.43. The zero-order valence-corrected chi connectivity index (χ0v) is 19.7. The number of benzene rings is 2. The molecule has 33 heavy (non-hydrogen) atoms. The summed E-state index contributed by atoms with van der Waals surface area (Å²) in [6.07, 6.45) is 2.17. The first-order valence-electron chi connectivity index (χ1n) is 11.3. The molecule has 7 heteroatoms. The average Bonchev–Trinajstić information content (AvgIpc) is 3.18. The number of amides is 1. The van der Waals surface area contributed by atoms with Crippen LogP contribution in [0.4, 0.5) is 0 Å². The first-order valence-corrected chi connectivity index (χ1v) is 11.3. The molecule has 0 spiro atoms. The van der Waals surface area contributed by atoms with Gasteiger partial charge in [0.1, 0.15) is 11.5 Å². The highest BCUT2D eigenvalue weighted by atomic mass is 16.5. The van der Waals surface area contributed by atoms with E-state index in [0.717, 1.165) is 41.4 Å². The van der Waals surface area contributed by atoms with Gasteiger partial charge < -0.3 is 14.8 Å². The van der Waals surface area contributed by atoms with E-state index in [1.807, 2.05) is 63.5 Å². The first kappa shape index (κ1) is 22.9. The molecule has 0 fully saturated rings. The Morgan fingerprint density at radius 3 is 2.42 bits per heavy atom. The molecule has 0 radical (unpaired) electrons. The third-order valence-corrected chi connectivity index (χ3v) is 5.75. The van der Waals surface area contributed by atoms with Gasteiger partial charge in [-0.05, 0) is 49.2 Å². The molecule has 3 aromatic rings. The van der Waals surface area contributed by atoms with Crippen LogP contribution >= 0.6 is 0 Å². The highest BCUT2D eigenvalue weighted by molar-refractivity contribution is 5.84. The second-order valence-electron chi connectivity index (χ2n) is 8.81. The molecule has 1 atom stereocenters. The lowest BCUT2D eigenvalue weighted by molar-refractivity contribution is -0.123. The number of hydrogen-bond donors (Lipinski definition) is 1. The summed E-state index contributed by atoms with van der Waals surface area (Å²) < 4.78 is 12.8. The number of hydrogen-bond acceptors (Lipinski definition) is 5. The predicted molar refractivity (Wildman–Crippen MR) is 127 cm³/mol. The first-order chi connectivity index (χ1) is 15.9. The molecule has 0 unspecified atom stereocenters. The van der Waals surface area contributed by atoms with Crippen molar-refractivity contribution in [2.24, 2.45) is 7.05 Å². The fourth-order valence-corrected chi connectivity index (χ4v) is 4.21. The van der Waals surface area contributed by atoms with E-state index in [9.17, 15) is 4.79 Å². The minimum Gasteiger partial charge on any atom is -0.497 e. The van der Waals surface area contributed by atoms with Gasteiger partial charge in [-0.15, -0.1) is 0 Å². The Morgan fingerprint density at radius 1 is 1.09 bits per heavy atom. The fraction of sp³-hybridized carbons (Fsp3) is 0.385. The van der Waals surface area contributed by atoms with Crippen molar-refractivity contribution >= 4 is 5.91 Å². The Labute approximate surface area is 195 Å². The fourth-order valence-electron chi connectivity index (χ4n) is 4.21. The third kappa shape index (κ3) is 5.73. The standard InChI is InChI=1S/C26H32N4O3/c1-18(2)33-23-11-7-20(8-12-23)14-30-16-21-15-29(3)28-25(21)24(17-30)26(31)27-13-19-5-9-22(32-4)10-6-19/h5-12,15,18,24H,13-14,16-17H2,1-4H3,(H,27,31)/t24-/m1/s1. The largest absolute Gasteiger partial charge is 0.497 e. The van der Waals surface area contributed by atoms with Crippen molar-refractivity contribution in [3.05, 3.63) is 77.1 Å². The van der Waals surface area contributed by atoms with Crippen molar-refractivity contribution in [2.75, 3.05) is 13.7 Å². The second kappa shape index (κ2) is 10.1. The Kier molecular flexibility index (Phi) is 6.99. The molecular weight excluding hydrogens is 416 g/mol. The summed E-state index contributed by atoms with van der Waals surface area (Å²) in [6.45, 7) is 6.68. The van der Waals surface area contributed by atoms with Crippen LogP contribution < -0.4 is 14.8 Å². The maximum Gasteiger partial charge on any atom is 0.230 e. The number of aromatic nitrogens is 2. The normalized spacial score (nSPS) is 15.8. The Hall–Kier alpha value is -3.32. The van der Waals surface area contributed by atoms with Gasteiger partial charge in [0.15, 0.2) is 0 Å². The highest BCUT2D eigenvalue weighted by Crippen LogP contribution is 2.29. The molecule has 1 N–H and O–H groups in total. The van der Waals surface area contributed by atoms with E-state index in [-0.39, 0.29) is 17.9 Å². The summed E-state index contributed by atoms with van der Waals surface area (Å²) in [5.41, 5.74) is 4.20. The topological polar surface area (TPSA) is 68.6 Å². The van der Waals surface area contributed by atoms with E-state index in [0.29, 0.717) is 13.1 Å². The number of ether oxygens (including phenoxy) is 2. The van der Waals surface area contributed by atoms with Crippen LogP contribution in [0.15, 0.2) is 54.7 Å². The number of carbonyl (C=O) groups excluding carboxylic acids is 1. The zero-order valence-electron chi connectivity index (χ0n) is 19.7. The smallest absolute Gasteiger partial charge is 0.230 e. The number of rotatable bonds is 8. The average molecular weight is 449 g/mol. The molecule has 0 bridgehead atoms. The Bertz CT molecular complexity index is 1070. The molecular formula is C26H32N4O3. The summed E-state index contributed by atoms with van der Waals surface area (Å²) >= 11 is 0. The van der Waals surface area contributed by atoms with Crippen molar-refractivity contribution in [3.8, 4) is 11.5 Å². The monoisotopic (exact) mass is 448 g/mol. The molecule has 2 heterocycles. The number of aryl methyl sites for hydroxylation is 1. The highest BCUT2D eigenvalue weighted by Gasteiger charge is 2.33. The molecule has 7 nitrogen and oxygen atoms in total. The van der Waals surface area contributed by atoms with Gasteiger partial charge in [0.2, 0.25) is 5.91 Å². The van der Waals surface area contributed by atoms with Crippen LogP contribution in [0.5, 0.6) is 11.5 Å². The van der Waals surface area contributed by atoms with Crippen molar-refractivity contribution in [1.29, 1.82) is 0 Å². The lowest BCUT2D eigenvalue weighted by Gasteiger charge is -2.31. The summed E-state index contributed by atoms with van der Waals surface area (Å²) in [7, 11) is 3.55. The van der Waals surface area contributed by atoms with Gasteiger partial charge in [0.05, 0.1) is 24.8 Å². The SMILES string of the molecule is COc1ccc(CNC(=O)[C@@H]2CN(Cc3ccc(OC(C)C)cc3)Cc3cn(C)nc32)cc1. The van der Waals surface area contributed by atoms with Crippen LogP contribution in [0.2, 0.25) is 0 Å². The van der Waals surface area contributed by atoms with Gasteiger partial charge in [-0.1, -0.05) is 24.3 Å². The number of nitrogens with one attached hydrogen (secondary N) is 1. The van der Waals surface area contributed by atoms with E-state index in [1.54, 1.807) is 11.8 Å². The number of methoxy groups -OCH3 is 1. The van der Waals surface area contributed by atoms with Gasteiger partial charge in [-0.3, -0.25) is 14.4 Å². The van der Waals surface area contributed by atoms with Gasteiger partial charge in [-0.2, -0.15) is 5.10 Å². The molecule has 1 aliphatic heterocycles. The molecule has 1 aromatic heterocycles. The summed E-state index contributed by atoms with van der Waals surface area (Å²) in [5, 5.41) is 7.70. The maximum atomic E-state index is 13.2. The van der Waals surface area contributed by atoms with Gasteiger partial charge in [0, 0.05) is 45.0 Å². The van der Waals surface area contributed by atoms with Gasteiger partial charge in [-0.25, -0.2) is 0 Å². The van der Waals surface area contributed by atoms with E-state index >= 15 is 0 Å². The van der Waals surface area contributed by atoms with Crippen molar-refractivity contribution in [2.45, 2.75) is 45.5 Å². The predicted octanol–water partition coefficient (Wildman–Crippen LogP) is 3.63. The van der Waals surface area contributed by atoms with Crippen LogP contribution in [-0.4, -0.2) is 40.3 Å². The van der Waals surface area contributed by atoms with Crippen LogP contribution in [0, 0.1) is 0 Å². The number of fused-ring (bicyclic) bond motifs is 1. The number of carbonyl (C=O) groups is 1. The third-order valence-electron chi connectivity index (χ3n) is 5.75. The maximum absolute atomic E-state index is 13.2. The quantitative estimate of drug-likeness (QED) is 0.570. The molecule has 0 aliphatic carbocycles. The van der Waals surface area contributed by atoms with Crippen molar-refractivity contribution in [3.63, 3.8) is 0 Å². The molecule has 1 amide bonds. The molecule has 4 rings (SSSR count). The molecule has 2 aromatic carbocycles. The van der Waals surface area contributed by atoms with Crippen LogP contribution in [-0.2, 0) is 31.5 Å². The lowest BCUT2D eigenvalue weighted by atomic mass is 9.95. The number of nitrogens with zero attached hydrogens (tertiary/aromatic N) is 3. The van der Waals surface area contributed by atoms with Crippen LogP contribution in [0.3, 0.4) is 0 Å². The second-order valence-corrected chi connectivity index (χ2v) is 8.81. The van der Waals surface area contributed by atoms with E-state index in [1.165, 1.54) is 5.56 Å². The molecule has 0 saturated heterocycles. The molecule has 1 aliphatic rings. The van der Waals surface area contributed by atoms with Gasteiger partial charge >= 0.3 is 0 Å². The van der Waals surface area contributed by atoms with Crippen LogP contribution in [0.1, 0.15) is 42.1 Å². The minimum absolute atomic E-state index is 0.00357. The van der Waals surface area contributed by atoms with E-state index < -0.39 is 0 Å². The summed E-state index contributed by atoms with van der Waals surface area (Å²) in [5.74, 6) is 1.36. The van der Waals surface area contributed by atoms with Crippen molar-refractivity contribution < 1.29 is 14.3 Å². The van der Waals surface area contributed by atoms with Crippen LogP contribution in [0.25, 0.3) is 0 Å². The zero-order chi connectivity index (χ0) is 23.4. The molecule has 174 valence electrons. The Morgan fingerprint density at radius 2 is 1.76 bits per heavy atom. The lowest BCUT2D eigenvalue weighted by Crippen LogP contribution is -2.40. The summed E-state index contributed by atoms with van der Waals surface area (Å²) in [6, 6.07) is 15.9. The minimum atomic E-state index is -0.309. The van der Waals surface area contributed by atoms with E-state index in [2.05, 4.69) is 27.4 Å². The summed E-state index contributed by atoms with van der Waals surface area (Å²) in [4.78, 5) is 15.5. The van der Waals surface area contributed by atoms with Gasteiger partial charge in [0.25, 0.3) is 0 Å². The molecule has 0 saturated carbocycles. The van der Waals surface area contributed by atoms with E-state index in [4.69, 9.17) is 9.47 Å². The van der Waals surface area contributed by atoms with Crippen molar-refractivity contribution in [1.82, 2.24) is 20.0 Å².